The second-order valence-electron chi connectivity index (χ2n) is 6.46. The Morgan fingerprint density at radius 2 is 2.03 bits per heavy atom. The van der Waals surface area contributed by atoms with E-state index >= 15 is 0 Å². The lowest BCUT2D eigenvalue weighted by Crippen LogP contribution is -2.49. The molecule has 2 amide bonds. The lowest BCUT2D eigenvalue weighted by Gasteiger charge is -2.32. The average Bonchev–Trinajstić information content (AvgIpc) is 3.18. The summed E-state index contributed by atoms with van der Waals surface area (Å²) in [5, 5.41) is 4.07. The number of benzene rings is 2. The molecule has 2 unspecified atom stereocenters. The third-order valence-electron chi connectivity index (χ3n) is 4.48. The van der Waals surface area contributed by atoms with Crippen LogP contribution in [0.15, 0.2) is 53.5 Å². The van der Waals surface area contributed by atoms with Gasteiger partial charge in [-0.1, -0.05) is 53.2 Å². The lowest BCUT2D eigenvalue weighted by atomic mass is 10.1. The molecular weight excluding hydrogens is 433 g/mol. The molecular formula is C19H17Cl2N5O2S. The van der Waals surface area contributed by atoms with Gasteiger partial charge in [-0.3, -0.25) is 19.9 Å². The van der Waals surface area contributed by atoms with Crippen LogP contribution in [0.4, 0.5) is 11.4 Å². The molecule has 29 heavy (non-hydrogen) atoms. The molecule has 150 valence electrons. The van der Waals surface area contributed by atoms with Gasteiger partial charge in [0.2, 0.25) is 11.8 Å². The van der Waals surface area contributed by atoms with Gasteiger partial charge in [0.15, 0.2) is 5.17 Å². The molecule has 1 saturated heterocycles. The van der Waals surface area contributed by atoms with Gasteiger partial charge in [0.25, 0.3) is 0 Å². The number of hydrogen-bond donors (Lipinski definition) is 3. The molecule has 0 aromatic heterocycles. The fourth-order valence-corrected chi connectivity index (χ4v) is 4.39. The van der Waals surface area contributed by atoms with Crippen molar-refractivity contribution < 1.29 is 9.59 Å². The number of nitrogens with zero attached hydrogens (tertiary/aromatic N) is 2. The van der Waals surface area contributed by atoms with E-state index in [1.807, 2.05) is 30.3 Å². The molecule has 7 nitrogen and oxygen atoms in total. The molecule has 2 atom stereocenters. The number of hydrazine groups is 1. The fraction of sp³-hybridized carbons (Fsp3) is 0.211. The molecule has 3 N–H and O–H groups in total. The quantitative estimate of drug-likeness (QED) is 0.667. The normalized spacial score (nSPS) is 21.0. The number of halogens is 2. The average molecular weight is 450 g/mol. The Morgan fingerprint density at radius 1 is 1.24 bits per heavy atom. The molecule has 2 heterocycles. The molecule has 2 aromatic carbocycles. The first-order chi connectivity index (χ1) is 14.0. The predicted molar refractivity (Wildman–Crippen MR) is 117 cm³/mol. The third kappa shape index (κ3) is 4.41. The van der Waals surface area contributed by atoms with Crippen LogP contribution in [0.3, 0.4) is 0 Å². The number of fused-ring (bicyclic) bond motifs is 1. The van der Waals surface area contributed by atoms with Crippen LogP contribution in [0.1, 0.15) is 0 Å². The molecule has 2 aliphatic rings. The van der Waals surface area contributed by atoms with Crippen molar-refractivity contribution in [1.82, 2.24) is 10.9 Å². The van der Waals surface area contributed by atoms with Gasteiger partial charge in [-0.05, 0) is 30.3 Å². The SMILES string of the molecule is O=C(CSC1=NC2NNCC2C(=O)N1c1ccccc1)Nc1ccc(Cl)cc1Cl. The van der Waals surface area contributed by atoms with E-state index in [4.69, 9.17) is 23.2 Å². The van der Waals surface area contributed by atoms with Crippen molar-refractivity contribution in [2.24, 2.45) is 10.9 Å². The minimum absolute atomic E-state index is 0.0580. The summed E-state index contributed by atoms with van der Waals surface area (Å²) in [7, 11) is 0. The standard InChI is InChI=1S/C19H17Cl2N5O2S/c20-11-6-7-15(14(21)8-11)23-16(27)10-29-19-24-17-13(9-22-25-17)18(28)26(19)12-4-2-1-3-5-12/h1-8,13,17,22,25H,9-10H2,(H,23,27). The number of anilines is 2. The minimum Gasteiger partial charge on any atom is -0.324 e. The molecule has 0 bridgehead atoms. The second kappa shape index (κ2) is 8.73. The van der Waals surface area contributed by atoms with E-state index in [9.17, 15) is 9.59 Å². The van der Waals surface area contributed by atoms with Crippen molar-refractivity contribution in [2.75, 3.05) is 22.5 Å². The summed E-state index contributed by atoms with van der Waals surface area (Å²) >= 11 is 13.2. The highest BCUT2D eigenvalue weighted by Gasteiger charge is 2.42. The van der Waals surface area contributed by atoms with Gasteiger partial charge >= 0.3 is 0 Å². The molecule has 0 radical (unpaired) electrons. The van der Waals surface area contributed by atoms with Crippen LogP contribution in [-0.2, 0) is 9.59 Å². The molecule has 4 rings (SSSR count). The summed E-state index contributed by atoms with van der Waals surface area (Å²) in [6.07, 6.45) is -0.348. The Hall–Kier alpha value is -2.10. The van der Waals surface area contributed by atoms with Gasteiger partial charge in [0, 0.05) is 11.6 Å². The molecule has 2 aliphatic heterocycles. The maximum Gasteiger partial charge on any atom is 0.241 e. The number of thioether (sulfide) groups is 1. The Bertz CT molecular complexity index is 972. The number of carbonyl (C=O) groups excluding carboxylic acids is 2. The molecule has 2 aromatic rings. The zero-order valence-corrected chi connectivity index (χ0v) is 17.4. The summed E-state index contributed by atoms with van der Waals surface area (Å²) in [6.45, 7) is 0.504. The number of aliphatic imine (C=N–C) groups is 1. The summed E-state index contributed by atoms with van der Waals surface area (Å²) in [4.78, 5) is 31.7. The van der Waals surface area contributed by atoms with Gasteiger partial charge in [-0.15, -0.1) is 0 Å². The number of amides is 2. The minimum atomic E-state index is -0.348. The molecule has 0 aliphatic carbocycles. The first-order valence-electron chi connectivity index (χ1n) is 8.86. The van der Waals surface area contributed by atoms with Crippen molar-refractivity contribution in [3.63, 3.8) is 0 Å². The van der Waals surface area contributed by atoms with Gasteiger partial charge in [-0.2, -0.15) is 0 Å². The number of nitrogens with one attached hydrogen (secondary N) is 3. The van der Waals surface area contributed by atoms with Crippen LogP contribution in [0.5, 0.6) is 0 Å². The molecule has 10 heteroatoms. The van der Waals surface area contributed by atoms with Crippen LogP contribution in [0, 0.1) is 5.92 Å². The Kier molecular flexibility index (Phi) is 6.07. The van der Waals surface area contributed by atoms with Crippen LogP contribution in [-0.4, -0.2) is 35.4 Å². The number of carbonyl (C=O) groups is 2. The van der Waals surface area contributed by atoms with E-state index in [0.717, 1.165) is 5.69 Å². The Balaban J connectivity index is 1.50. The Morgan fingerprint density at radius 3 is 2.79 bits per heavy atom. The third-order valence-corrected chi connectivity index (χ3v) is 5.98. The van der Waals surface area contributed by atoms with Gasteiger partial charge < -0.3 is 5.32 Å². The van der Waals surface area contributed by atoms with Crippen LogP contribution in [0.25, 0.3) is 0 Å². The van der Waals surface area contributed by atoms with Crippen molar-refractivity contribution in [3.8, 4) is 0 Å². The van der Waals surface area contributed by atoms with Crippen molar-refractivity contribution in [2.45, 2.75) is 6.17 Å². The highest BCUT2D eigenvalue weighted by atomic mass is 35.5. The van der Waals surface area contributed by atoms with E-state index in [0.29, 0.717) is 27.4 Å². The summed E-state index contributed by atoms with van der Waals surface area (Å²) in [5.41, 5.74) is 7.17. The molecule has 0 spiro atoms. The maximum atomic E-state index is 13.1. The zero-order chi connectivity index (χ0) is 20.4. The zero-order valence-electron chi connectivity index (χ0n) is 15.1. The van der Waals surface area contributed by atoms with Crippen LogP contribution < -0.4 is 21.1 Å². The number of amidine groups is 1. The van der Waals surface area contributed by atoms with E-state index in [1.165, 1.54) is 11.8 Å². The number of rotatable bonds is 4. The smallest absolute Gasteiger partial charge is 0.241 e. The number of para-hydroxylation sites is 1. The monoisotopic (exact) mass is 449 g/mol. The Labute approximate surface area is 181 Å². The summed E-state index contributed by atoms with van der Waals surface area (Å²) in [6, 6.07) is 14.1. The largest absolute Gasteiger partial charge is 0.324 e. The highest BCUT2D eigenvalue weighted by molar-refractivity contribution is 8.14. The molecule has 0 saturated carbocycles. The van der Waals surface area contributed by atoms with Gasteiger partial charge in [0.1, 0.15) is 6.17 Å². The van der Waals surface area contributed by atoms with Crippen molar-refractivity contribution >= 4 is 63.3 Å². The van der Waals surface area contributed by atoms with Crippen LogP contribution >= 0.6 is 35.0 Å². The first kappa shape index (κ1) is 20.2. The first-order valence-corrected chi connectivity index (χ1v) is 10.6. The van der Waals surface area contributed by atoms with Crippen LogP contribution in [0.2, 0.25) is 10.0 Å². The number of hydrogen-bond acceptors (Lipinski definition) is 6. The second-order valence-corrected chi connectivity index (χ2v) is 8.24. The molecule has 1 fully saturated rings. The van der Waals surface area contributed by atoms with E-state index < -0.39 is 0 Å². The topological polar surface area (TPSA) is 85.8 Å². The lowest BCUT2D eigenvalue weighted by molar-refractivity contribution is -0.121. The fourth-order valence-electron chi connectivity index (χ4n) is 3.09. The van der Waals surface area contributed by atoms with Crippen molar-refractivity contribution in [1.29, 1.82) is 0 Å². The van der Waals surface area contributed by atoms with Crippen molar-refractivity contribution in [3.05, 3.63) is 58.6 Å². The summed E-state index contributed by atoms with van der Waals surface area (Å²) in [5.74, 6) is -0.542. The predicted octanol–water partition coefficient (Wildman–Crippen LogP) is 3.12. The summed E-state index contributed by atoms with van der Waals surface area (Å²) < 4.78 is 0. The highest BCUT2D eigenvalue weighted by Crippen LogP contribution is 2.30. The van der Waals surface area contributed by atoms with E-state index in [2.05, 4.69) is 21.2 Å². The van der Waals surface area contributed by atoms with E-state index in [-0.39, 0.29) is 29.7 Å². The maximum absolute atomic E-state index is 13.1. The van der Waals surface area contributed by atoms with Gasteiger partial charge in [-0.25, -0.2) is 10.4 Å². The van der Waals surface area contributed by atoms with Gasteiger partial charge in [0.05, 0.1) is 28.1 Å². The van der Waals surface area contributed by atoms with E-state index in [1.54, 1.807) is 23.1 Å².